The lowest BCUT2D eigenvalue weighted by molar-refractivity contribution is 0.108. The maximum atomic E-state index is 5.44. The normalized spacial score (nSPS) is 23.5. The van der Waals surface area contributed by atoms with Gasteiger partial charge in [-0.15, -0.1) is 0 Å². The number of fused-ring (bicyclic) bond motifs is 1. The first-order chi connectivity index (χ1) is 8.33. The molecule has 0 radical (unpaired) electrons. The van der Waals surface area contributed by atoms with Crippen molar-refractivity contribution in [1.29, 1.82) is 0 Å². The average Bonchev–Trinajstić information content (AvgIpc) is 2.82. The van der Waals surface area contributed by atoms with Gasteiger partial charge in [-0.2, -0.15) is 0 Å². The quantitative estimate of drug-likeness (QED) is 0.786. The van der Waals surface area contributed by atoms with Gasteiger partial charge in [-0.25, -0.2) is 9.97 Å². The van der Waals surface area contributed by atoms with Crippen LogP contribution in [0.5, 0.6) is 0 Å². The molecule has 0 aromatic carbocycles. The van der Waals surface area contributed by atoms with Crippen LogP contribution in [0, 0.1) is 6.92 Å². The molecule has 2 aliphatic rings. The van der Waals surface area contributed by atoms with Crippen LogP contribution in [0.25, 0.3) is 0 Å². The van der Waals surface area contributed by atoms with Crippen LogP contribution in [0.1, 0.15) is 23.4 Å². The van der Waals surface area contributed by atoms with Crippen LogP contribution >= 0.6 is 0 Å². The number of anilines is 1. The summed E-state index contributed by atoms with van der Waals surface area (Å²) in [5, 5.41) is 6.74. The van der Waals surface area contributed by atoms with Crippen molar-refractivity contribution in [2.45, 2.75) is 32.4 Å². The molecule has 3 rings (SSSR count). The SMILES string of the molecule is Cc1nc(NC2CCNC2)nc2c1COCC2. The van der Waals surface area contributed by atoms with Crippen molar-refractivity contribution in [3.05, 3.63) is 17.0 Å². The molecule has 0 spiro atoms. The van der Waals surface area contributed by atoms with Crippen molar-refractivity contribution in [2.75, 3.05) is 25.0 Å². The van der Waals surface area contributed by atoms with Gasteiger partial charge in [-0.3, -0.25) is 0 Å². The summed E-state index contributed by atoms with van der Waals surface area (Å²) in [5.74, 6) is 0.775. The molecule has 0 aliphatic carbocycles. The van der Waals surface area contributed by atoms with Crippen LogP contribution in [0.2, 0.25) is 0 Å². The maximum Gasteiger partial charge on any atom is 0.223 e. The Balaban J connectivity index is 1.82. The fourth-order valence-electron chi connectivity index (χ4n) is 2.42. The van der Waals surface area contributed by atoms with Crippen LogP contribution in [0.15, 0.2) is 0 Å². The average molecular weight is 234 g/mol. The minimum Gasteiger partial charge on any atom is -0.376 e. The first kappa shape index (κ1) is 10.9. The molecular formula is C12H18N4O. The third-order valence-corrected chi connectivity index (χ3v) is 3.42. The van der Waals surface area contributed by atoms with Crippen molar-refractivity contribution in [3.63, 3.8) is 0 Å². The summed E-state index contributed by atoms with van der Waals surface area (Å²) in [6, 6.07) is 0.465. The molecule has 0 bridgehead atoms. The molecule has 0 amide bonds. The zero-order valence-corrected chi connectivity index (χ0v) is 10.1. The van der Waals surface area contributed by atoms with E-state index in [-0.39, 0.29) is 0 Å². The Kier molecular flexibility index (Phi) is 2.94. The zero-order valence-electron chi connectivity index (χ0n) is 10.1. The van der Waals surface area contributed by atoms with Gasteiger partial charge in [0.05, 0.1) is 18.9 Å². The molecule has 1 fully saturated rings. The van der Waals surface area contributed by atoms with Gasteiger partial charge in [0.25, 0.3) is 0 Å². The number of aryl methyl sites for hydroxylation is 1. The van der Waals surface area contributed by atoms with E-state index in [2.05, 4.69) is 20.6 Å². The second-order valence-electron chi connectivity index (χ2n) is 4.69. The second-order valence-corrected chi connectivity index (χ2v) is 4.69. The number of ether oxygens (including phenoxy) is 1. The van der Waals surface area contributed by atoms with Gasteiger partial charge in [0.2, 0.25) is 5.95 Å². The minimum atomic E-state index is 0.465. The van der Waals surface area contributed by atoms with Crippen LogP contribution in [-0.2, 0) is 17.8 Å². The lowest BCUT2D eigenvalue weighted by Gasteiger charge is -2.19. The highest BCUT2D eigenvalue weighted by atomic mass is 16.5. The van der Waals surface area contributed by atoms with E-state index in [0.29, 0.717) is 12.6 Å². The standard InChI is InChI=1S/C12H18N4O/c1-8-10-7-17-5-3-11(10)16-12(14-8)15-9-2-4-13-6-9/h9,13H,2-7H2,1H3,(H,14,15,16). The van der Waals surface area contributed by atoms with Gasteiger partial charge in [-0.05, 0) is 19.9 Å². The summed E-state index contributed by atoms with van der Waals surface area (Å²) in [5.41, 5.74) is 3.37. The molecule has 1 unspecified atom stereocenters. The molecular weight excluding hydrogens is 216 g/mol. The number of nitrogens with one attached hydrogen (secondary N) is 2. The van der Waals surface area contributed by atoms with Gasteiger partial charge in [0, 0.05) is 30.3 Å². The van der Waals surface area contributed by atoms with Crippen molar-refractivity contribution < 1.29 is 4.74 Å². The largest absolute Gasteiger partial charge is 0.376 e. The summed E-state index contributed by atoms with van der Waals surface area (Å²) in [7, 11) is 0. The predicted octanol–water partition coefficient (Wildman–Crippen LogP) is 0.632. The van der Waals surface area contributed by atoms with E-state index in [0.717, 1.165) is 49.9 Å². The monoisotopic (exact) mass is 234 g/mol. The third-order valence-electron chi connectivity index (χ3n) is 3.42. The molecule has 1 aromatic rings. The summed E-state index contributed by atoms with van der Waals surface area (Å²) < 4.78 is 5.44. The van der Waals surface area contributed by atoms with E-state index in [4.69, 9.17) is 4.74 Å². The number of rotatable bonds is 2. The van der Waals surface area contributed by atoms with E-state index in [9.17, 15) is 0 Å². The Hall–Kier alpha value is -1.20. The lowest BCUT2D eigenvalue weighted by Crippen LogP contribution is -2.25. The maximum absolute atomic E-state index is 5.44. The first-order valence-corrected chi connectivity index (χ1v) is 6.24. The minimum absolute atomic E-state index is 0.465. The van der Waals surface area contributed by atoms with Gasteiger partial charge < -0.3 is 15.4 Å². The van der Waals surface area contributed by atoms with Crippen LogP contribution in [0.3, 0.4) is 0 Å². The molecule has 3 heterocycles. The summed E-state index contributed by atoms with van der Waals surface area (Å²) in [4.78, 5) is 9.13. The predicted molar refractivity (Wildman–Crippen MR) is 65.0 cm³/mol. The van der Waals surface area contributed by atoms with Crippen molar-refractivity contribution in [2.24, 2.45) is 0 Å². The summed E-state index contributed by atoms with van der Waals surface area (Å²) >= 11 is 0. The third kappa shape index (κ3) is 2.25. The fourth-order valence-corrected chi connectivity index (χ4v) is 2.42. The van der Waals surface area contributed by atoms with Gasteiger partial charge in [0.15, 0.2) is 0 Å². The second kappa shape index (κ2) is 4.58. The van der Waals surface area contributed by atoms with E-state index in [1.165, 1.54) is 5.56 Å². The highest BCUT2D eigenvalue weighted by molar-refractivity contribution is 5.36. The summed E-state index contributed by atoms with van der Waals surface area (Å²) in [6.45, 7) is 5.55. The van der Waals surface area contributed by atoms with Gasteiger partial charge >= 0.3 is 0 Å². The Morgan fingerprint density at radius 3 is 3.18 bits per heavy atom. The smallest absolute Gasteiger partial charge is 0.223 e. The van der Waals surface area contributed by atoms with Crippen molar-refractivity contribution in [3.8, 4) is 0 Å². The Bertz CT molecular complexity index is 415. The molecule has 2 N–H and O–H groups in total. The molecule has 1 atom stereocenters. The Morgan fingerprint density at radius 2 is 2.35 bits per heavy atom. The lowest BCUT2D eigenvalue weighted by atomic mass is 10.1. The zero-order chi connectivity index (χ0) is 11.7. The summed E-state index contributed by atoms with van der Waals surface area (Å²) in [6.07, 6.45) is 2.04. The topological polar surface area (TPSA) is 59.1 Å². The highest BCUT2D eigenvalue weighted by Gasteiger charge is 2.19. The van der Waals surface area contributed by atoms with E-state index in [1.807, 2.05) is 6.92 Å². The van der Waals surface area contributed by atoms with Crippen LogP contribution in [0.4, 0.5) is 5.95 Å². The fraction of sp³-hybridized carbons (Fsp3) is 0.667. The number of hydrogen-bond acceptors (Lipinski definition) is 5. The number of nitrogens with zero attached hydrogens (tertiary/aromatic N) is 2. The van der Waals surface area contributed by atoms with E-state index < -0.39 is 0 Å². The van der Waals surface area contributed by atoms with Gasteiger partial charge in [-0.1, -0.05) is 0 Å². The molecule has 0 saturated carbocycles. The first-order valence-electron chi connectivity index (χ1n) is 6.24. The van der Waals surface area contributed by atoms with Crippen molar-refractivity contribution in [1.82, 2.24) is 15.3 Å². The van der Waals surface area contributed by atoms with Crippen LogP contribution in [-0.4, -0.2) is 35.7 Å². The highest BCUT2D eigenvalue weighted by Crippen LogP contribution is 2.19. The molecule has 5 nitrogen and oxygen atoms in total. The van der Waals surface area contributed by atoms with E-state index in [1.54, 1.807) is 0 Å². The molecule has 1 aromatic heterocycles. The molecule has 2 aliphatic heterocycles. The molecule has 17 heavy (non-hydrogen) atoms. The molecule has 5 heteroatoms. The Morgan fingerprint density at radius 1 is 1.41 bits per heavy atom. The number of aromatic nitrogens is 2. The Labute approximate surface area is 101 Å². The van der Waals surface area contributed by atoms with E-state index >= 15 is 0 Å². The number of hydrogen-bond donors (Lipinski definition) is 2. The van der Waals surface area contributed by atoms with Crippen molar-refractivity contribution >= 4 is 5.95 Å². The molecule has 1 saturated heterocycles. The van der Waals surface area contributed by atoms with Crippen LogP contribution < -0.4 is 10.6 Å². The molecule has 92 valence electrons. The van der Waals surface area contributed by atoms with Gasteiger partial charge in [0.1, 0.15) is 0 Å².